The molecule has 1 fully saturated rings. The lowest BCUT2D eigenvalue weighted by atomic mass is 9.85. The van der Waals surface area contributed by atoms with Crippen molar-refractivity contribution in [2.75, 3.05) is 47.3 Å². The largest absolute Gasteiger partial charge is 0.448 e. The zero-order valence-electron chi connectivity index (χ0n) is 31.6. The Morgan fingerprint density at radius 2 is 1.48 bits per heavy atom. The molecule has 316 valence electrons. The van der Waals surface area contributed by atoms with Gasteiger partial charge < -0.3 is 15.2 Å². The van der Waals surface area contributed by atoms with Crippen LogP contribution >= 0.6 is 27.0 Å². The second-order valence-corrected chi connectivity index (χ2v) is 18.2. The van der Waals surface area contributed by atoms with Crippen LogP contribution < -0.4 is 5.73 Å². The number of primary amides is 1. The highest BCUT2D eigenvalue weighted by Crippen LogP contribution is 2.79. The van der Waals surface area contributed by atoms with Gasteiger partial charge in [-0.2, -0.15) is 0 Å². The van der Waals surface area contributed by atoms with E-state index in [1.807, 2.05) is 0 Å². The Labute approximate surface area is 334 Å². The molecule has 2 aromatic rings. The molecule has 2 unspecified atom stereocenters. The highest BCUT2D eigenvalue weighted by molar-refractivity contribution is 8.00. The van der Waals surface area contributed by atoms with Gasteiger partial charge in [-0.3, -0.25) is 28.8 Å². The number of carbonyl (C=O) groups is 4. The Hall–Kier alpha value is -4.38. The number of esters is 1. The van der Waals surface area contributed by atoms with Gasteiger partial charge in [-0.25, -0.2) is 34.2 Å². The van der Waals surface area contributed by atoms with Gasteiger partial charge in [0.2, 0.25) is 5.54 Å². The number of amides is 3. The van der Waals surface area contributed by atoms with Gasteiger partial charge in [-0.15, -0.1) is 30.5 Å². The van der Waals surface area contributed by atoms with E-state index in [-0.39, 0.29) is 16.4 Å². The van der Waals surface area contributed by atoms with Crippen LogP contribution in [0.2, 0.25) is 0 Å². The van der Waals surface area contributed by atoms with Gasteiger partial charge in [0.1, 0.15) is 17.7 Å². The van der Waals surface area contributed by atoms with Gasteiger partial charge in [-0.05, 0) is 36.4 Å². The lowest BCUT2D eigenvalue weighted by molar-refractivity contribution is -0.255. The first kappa shape index (κ1) is 46.3. The Balaban J connectivity index is 1.66. The highest BCUT2D eigenvalue weighted by atomic mass is 32.2. The first-order chi connectivity index (χ1) is 27.6. The van der Waals surface area contributed by atoms with Crippen LogP contribution in [-0.2, 0) is 71.2 Å². The van der Waals surface area contributed by atoms with Crippen LogP contribution in [0.4, 0.5) is 4.79 Å². The van der Waals surface area contributed by atoms with Crippen molar-refractivity contribution in [3.8, 4) is 0 Å². The SMILES string of the molecule is COOP(=O)(OOC)C(C)(CCCN(O)C(=O)C1(N=[N+]=[N-])C(=O)N2C(C(=O)OC(c3ccccc3)c3ccccc3)=C(COC(N)=O)CSC21)P(=O)(OOC)OOC. The summed E-state index contributed by atoms with van der Waals surface area (Å²) in [6, 6.07) is 17.3. The smallest absolute Gasteiger partial charge is 0.404 e. The van der Waals surface area contributed by atoms with Gasteiger partial charge in [0.05, 0.1) is 28.4 Å². The van der Waals surface area contributed by atoms with Crippen LogP contribution in [0, 0.1) is 0 Å². The number of rotatable bonds is 22. The zero-order valence-corrected chi connectivity index (χ0v) is 34.2. The second-order valence-electron chi connectivity index (χ2n) is 12.2. The van der Waals surface area contributed by atoms with E-state index in [0.717, 1.165) is 52.0 Å². The molecule has 3 N–H and O–H groups in total. The number of carbonyl (C=O) groups excluding carboxylic acids is 4. The van der Waals surface area contributed by atoms with E-state index in [9.17, 15) is 39.0 Å². The monoisotopic (exact) mass is 874 g/mol. The molecule has 2 heterocycles. The van der Waals surface area contributed by atoms with Crippen LogP contribution in [-0.4, -0.2) is 102 Å². The van der Waals surface area contributed by atoms with Crippen LogP contribution in [0.1, 0.15) is 37.0 Å². The average Bonchev–Trinajstić information content (AvgIpc) is 3.21. The van der Waals surface area contributed by atoms with Crippen molar-refractivity contribution in [1.29, 1.82) is 0 Å². The lowest BCUT2D eigenvalue weighted by Gasteiger charge is -2.54. The normalized spacial score (nSPS) is 18.2. The predicted octanol–water partition coefficient (Wildman–Crippen LogP) is 5.05. The minimum Gasteiger partial charge on any atom is -0.448 e. The number of ether oxygens (including phenoxy) is 2. The van der Waals surface area contributed by atoms with E-state index in [1.54, 1.807) is 60.7 Å². The number of hydroxylamine groups is 2. The summed E-state index contributed by atoms with van der Waals surface area (Å²) in [5.41, 5.74) is 12.9. The van der Waals surface area contributed by atoms with E-state index in [2.05, 4.69) is 29.6 Å². The maximum Gasteiger partial charge on any atom is 0.404 e. The minimum atomic E-state index is -4.88. The summed E-state index contributed by atoms with van der Waals surface area (Å²) >= 11 is 0.847. The number of benzene rings is 2. The molecule has 2 aromatic carbocycles. The van der Waals surface area contributed by atoms with Gasteiger partial charge >= 0.3 is 27.3 Å². The number of hydrogen-bond donors (Lipinski definition) is 2. The van der Waals surface area contributed by atoms with Crippen molar-refractivity contribution < 1.29 is 81.2 Å². The van der Waals surface area contributed by atoms with Crippen LogP contribution in [0.15, 0.2) is 77.0 Å². The van der Waals surface area contributed by atoms with Crippen molar-refractivity contribution in [2.24, 2.45) is 10.8 Å². The summed E-state index contributed by atoms with van der Waals surface area (Å²) in [4.78, 5) is 73.3. The van der Waals surface area contributed by atoms with Crippen LogP contribution in [0.3, 0.4) is 0 Å². The number of nitrogens with two attached hydrogens (primary N) is 1. The second kappa shape index (κ2) is 20.1. The summed E-state index contributed by atoms with van der Waals surface area (Å²) < 4.78 is 58.1. The summed E-state index contributed by atoms with van der Waals surface area (Å²) in [6.45, 7) is -0.237. The number of thioether (sulfide) groups is 1. The third kappa shape index (κ3) is 9.09. The molecule has 0 aliphatic carbocycles. The molecule has 3 amide bonds. The number of hydrogen-bond acceptors (Lipinski definition) is 19. The van der Waals surface area contributed by atoms with E-state index in [0.29, 0.717) is 11.1 Å². The standard InChI is InChI=1S/C32H40N6O17P2S/c1-31(56(44,52-46-2)53-47-3,57(45,54-48-4)55-49-5)17-12-18-37(43)27(40)32(35-36-34)28(41)38-24(23(19-50-30(33)42)20-58-29(32)38)26(39)51-25(21-13-8-6-9-14-21)22-15-10-7-11-16-22/h6-11,13-16,25,29,43H,12,17-20H2,1-5H3,(H2,33,42). The third-order valence-corrected chi connectivity index (χ3v) is 15.8. The highest BCUT2D eigenvalue weighted by Gasteiger charge is 2.70. The molecule has 0 bridgehead atoms. The molecule has 2 atom stereocenters. The fourth-order valence-electron chi connectivity index (χ4n) is 6.03. The molecule has 0 aromatic heterocycles. The third-order valence-electron chi connectivity index (χ3n) is 8.79. The quantitative estimate of drug-likeness (QED) is 0.0149. The Bertz CT molecular complexity index is 1900. The predicted molar refractivity (Wildman–Crippen MR) is 197 cm³/mol. The van der Waals surface area contributed by atoms with E-state index < -0.39 is 92.7 Å². The number of azide groups is 1. The molecule has 2 aliphatic heterocycles. The number of fused-ring (bicyclic) bond motifs is 1. The van der Waals surface area contributed by atoms with Crippen LogP contribution in [0.25, 0.3) is 10.4 Å². The maximum absolute atomic E-state index is 14.2. The molecule has 0 saturated carbocycles. The fraction of sp³-hybridized carbons (Fsp3) is 0.438. The van der Waals surface area contributed by atoms with Gasteiger partial charge in [0.25, 0.3) is 11.8 Å². The minimum absolute atomic E-state index is 0.0394. The molecule has 58 heavy (non-hydrogen) atoms. The van der Waals surface area contributed by atoms with Crippen molar-refractivity contribution in [3.63, 3.8) is 0 Å². The summed E-state index contributed by atoms with van der Waals surface area (Å²) in [5.74, 6) is -3.91. The molecule has 4 rings (SSSR count). The van der Waals surface area contributed by atoms with Crippen LogP contribution in [0.5, 0.6) is 0 Å². The van der Waals surface area contributed by atoms with Gasteiger partial charge in [0, 0.05) is 22.8 Å². The molecule has 2 aliphatic rings. The number of β-lactam (4-membered cyclic amide) rings is 1. The zero-order chi connectivity index (χ0) is 42.7. The first-order valence-electron chi connectivity index (χ1n) is 16.7. The lowest BCUT2D eigenvalue weighted by Crippen LogP contribution is -2.77. The summed E-state index contributed by atoms with van der Waals surface area (Å²) in [6.07, 6.45) is -3.24. The van der Waals surface area contributed by atoms with E-state index in [1.165, 1.54) is 0 Å². The van der Waals surface area contributed by atoms with Crippen molar-refractivity contribution in [2.45, 2.75) is 41.7 Å². The average molecular weight is 875 g/mol. The fourth-order valence-corrected chi connectivity index (χ4v) is 11.4. The van der Waals surface area contributed by atoms with Gasteiger partial charge in [0.15, 0.2) is 11.0 Å². The topological polar surface area (TPSA) is 296 Å². The first-order valence-corrected chi connectivity index (χ1v) is 20.9. The molecule has 23 nitrogen and oxygen atoms in total. The Morgan fingerprint density at radius 3 is 1.93 bits per heavy atom. The van der Waals surface area contributed by atoms with Crippen molar-refractivity contribution >= 4 is 50.8 Å². The van der Waals surface area contributed by atoms with Crippen molar-refractivity contribution in [3.05, 3.63) is 93.5 Å². The molecule has 26 heteroatoms. The maximum atomic E-state index is 14.2. The Kier molecular flexibility index (Phi) is 16.0. The van der Waals surface area contributed by atoms with E-state index >= 15 is 0 Å². The molecule has 0 radical (unpaired) electrons. The molecule has 1 saturated heterocycles. The molecular formula is C32H40N6O17P2S. The van der Waals surface area contributed by atoms with E-state index in [4.69, 9.17) is 33.9 Å². The van der Waals surface area contributed by atoms with Gasteiger partial charge in [-0.1, -0.05) is 65.8 Å². The molecule has 0 spiro atoms. The summed E-state index contributed by atoms with van der Waals surface area (Å²) in [5, 5.41) is 13.2. The molecular weight excluding hydrogens is 834 g/mol. The number of nitrogens with zero attached hydrogens (tertiary/aromatic N) is 5. The Morgan fingerprint density at radius 1 is 0.983 bits per heavy atom. The summed E-state index contributed by atoms with van der Waals surface area (Å²) in [7, 11) is -5.94. The van der Waals surface area contributed by atoms with Crippen molar-refractivity contribution in [1.82, 2.24) is 9.96 Å².